The summed E-state index contributed by atoms with van der Waals surface area (Å²) in [5.41, 5.74) is 4.90. The summed E-state index contributed by atoms with van der Waals surface area (Å²) in [6, 6.07) is 22.1. The molecule has 3 aromatic rings. The molecule has 30 heavy (non-hydrogen) atoms. The fourth-order valence-corrected chi connectivity index (χ4v) is 3.90. The van der Waals surface area contributed by atoms with Crippen molar-refractivity contribution in [2.45, 2.75) is 5.92 Å². The van der Waals surface area contributed by atoms with Gasteiger partial charge in [-0.1, -0.05) is 54.6 Å². The highest BCUT2D eigenvalue weighted by Gasteiger charge is 2.30. The van der Waals surface area contributed by atoms with Crippen LogP contribution in [0.1, 0.15) is 27.4 Å². The molecule has 0 saturated heterocycles. The molecule has 0 spiro atoms. The zero-order chi connectivity index (χ0) is 21.1. The van der Waals surface area contributed by atoms with E-state index >= 15 is 0 Å². The van der Waals surface area contributed by atoms with Crippen molar-refractivity contribution in [2.75, 3.05) is 24.7 Å². The second kappa shape index (κ2) is 8.39. The Morgan fingerprint density at radius 3 is 2.13 bits per heavy atom. The second-order valence-corrected chi connectivity index (χ2v) is 7.03. The molecule has 6 heteroatoms. The van der Waals surface area contributed by atoms with E-state index in [0.29, 0.717) is 5.69 Å². The molecular formula is C24H21NO5. The summed E-state index contributed by atoms with van der Waals surface area (Å²) in [4.78, 5) is 25.3. The zero-order valence-electron chi connectivity index (χ0n) is 16.2. The molecule has 1 aliphatic carbocycles. The molecule has 6 nitrogen and oxygen atoms in total. The van der Waals surface area contributed by atoms with Crippen molar-refractivity contribution in [1.29, 1.82) is 0 Å². The van der Waals surface area contributed by atoms with Crippen molar-refractivity contribution in [3.05, 3.63) is 89.5 Å². The lowest BCUT2D eigenvalue weighted by Crippen LogP contribution is -2.35. The smallest absolute Gasteiger partial charge is 0.414 e. The van der Waals surface area contributed by atoms with E-state index in [-0.39, 0.29) is 31.2 Å². The Labute approximate surface area is 174 Å². The van der Waals surface area contributed by atoms with Crippen LogP contribution < -0.4 is 4.90 Å². The van der Waals surface area contributed by atoms with Crippen LogP contribution in [0.4, 0.5) is 10.5 Å². The van der Waals surface area contributed by atoms with Crippen LogP contribution in [0.2, 0.25) is 0 Å². The molecule has 4 rings (SSSR count). The number of amides is 1. The summed E-state index contributed by atoms with van der Waals surface area (Å²) >= 11 is 0. The maximum atomic E-state index is 12.8. The fraction of sp³-hybridized carbons (Fsp3) is 0.167. The van der Waals surface area contributed by atoms with Gasteiger partial charge >= 0.3 is 12.1 Å². The zero-order valence-corrected chi connectivity index (χ0v) is 16.2. The number of carboxylic acids is 1. The average molecular weight is 403 g/mol. The molecule has 0 unspecified atom stereocenters. The van der Waals surface area contributed by atoms with Gasteiger partial charge in [0.2, 0.25) is 0 Å². The Bertz CT molecular complexity index is 1050. The number of aromatic carboxylic acids is 1. The highest BCUT2D eigenvalue weighted by molar-refractivity contribution is 5.92. The summed E-state index contributed by atoms with van der Waals surface area (Å²) < 4.78 is 5.64. The number of hydrogen-bond donors (Lipinski definition) is 2. The molecule has 0 aliphatic heterocycles. The number of rotatable bonds is 6. The van der Waals surface area contributed by atoms with Crippen molar-refractivity contribution >= 4 is 17.7 Å². The minimum Gasteiger partial charge on any atom is -0.478 e. The van der Waals surface area contributed by atoms with Crippen LogP contribution in [0.25, 0.3) is 11.1 Å². The fourth-order valence-electron chi connectivity index (χ4n) is 3.90. The third-order valence-corrected chi connectivity index (χ3v) is 5.28. The molecule has 0 fully saturated rings. The Kier molecular flexibility index (Phi) is 5.50. The topological polar surface area (TPSA) is 87.1 Å². The molecule has 0 radical (unpaired) electrons. The first-order valence-corrected chi connectivity index (χ1v) is 9.67. The van der Waals surface area contributed by atoms with Gasteiger partial charge in [0, 0.05) is 11.6 Å². The SMILES string of the molecule is O=C(O)c1cccc(N(CCO)C(=O)OCC2c3ccccc3-c3ccccc32)c1. The van der Waals surface area contributed by atoms with E-state index in [2.05, 4.69) is 12.1 Å². The van der Waals surface area contributed by atoms with Gasteiger partial charge in [-0.15, -0.1) is 0 Å². The van der Waals surface area contributed by atoms with Crippen LogP contribution in [-0.2, 0) is 4.74 Å². The van der Waals surface area contributed by atoms with E-state index in [1.807, 2.05) is 36.4 Å². The first-order valence-electron chi connectivity index (χ1n) is 9.67. The predicted molar refractivity (Wildman–Crippen MR) is 113 cm³/mol. The molecule has 1 amide bonds. The quantitative estimate of drug-likeness (QED) is 0.646. The summed E-state index contributed by atoms with van der Waals surface area (Å²) in [5.74, 6) is -1.17. The first-order chi connectivity index (χ1) is 14.6. The van der Waals surface area contributed by atoms with E-state index in [4.69, 9.17) is 4.74 Å². The summed E-state index contributed by atoms with van der Waals surface area (Å²) in [6.45, 7) is -0.130. The number of aliphatic hydroxyl groups is 1. The van der Waals surface area contributed by atoms with Gasteiger partial charge in [-0.2, -0.15) is 0 Å². The number of fused-ring (bicyclic) bond motifs is 3. The Morgan fingerprint density at radius 1 is 0.900 bits per heavy atom. The van der Waals surface area contributed by atoms with Gasteiger partial charge in [-0.25, -0.2) is 9.59 Å². The summed E-state index contributed by atoms with van der Waals surface area (Å²) in [7, 11) is 0. The van der Waals surface area contributed by atoms with Gasteiger partial charge in [0.05, 0.1) is 18.7 Å². The number of ether oxygens (including phenoxy) is 1. The van der Waals surface area contributed by atoms with Crippen LogP contribution in [0.3, 0.4) is 0 Å². The molecule has 0 atom stereocenters. The van der Waals surface area contributed by atoms with Crippen molar-refractivity contribution in [3.63, 3.8) is 0 Å². The van der Waals surface area contributed by atoms with Gasteiger partial charge in [0.25, 0.3) is 0 Å². The van der Waals surface area contributed by atoms with Gasteiger partial charge in [0.1, 0.15) is 6.61 Å². The number of benzene rings is 3. The Hall–Kier alpha value is -3.64. The Balaban J connectivity index is 1.56. The molecule has 0 heterocycles. The lowest BCUT2D eigenvalue weighted by atomic mass is 9.98. The van der Waals surface area contributed by atoms with Crippen LogP contribution >= 0.6 is 0 Å². The van der Waals surface area contributed by atoms with E-state index in [1.165, 1.54) is 17.0 Å². The van der Waals surface area contributed by atoms with Crippen molar-refractivity contribution < 1.29 is 24.5 Å². The third kappa shape index (κ3) is 3.65. The molecule has 1 aliphatic rings. The van der Waals surface area contributed by atoms with Crippen LogP contribution in [-0.4, -0.2) is 42.0 Å². The maximum Gasteiger partial charge on any atom is 0.414 e. The number of carbonyl (C=O) groups excluding carboxylic acids is 1. The highest BCUT2D eigenvalue weighted by Crippen LogP contribution is 2.44. The summed E-state index contributed by atoms with van der Waals surface area (Å²) in [5, 5.41) is 18.6. The largest absolute Gasteiger partial charge is 0.478 e. The number of carboxylic acid groups (broad SMARTS) is 1. The molecule has 3 aromatic carbocycles. The van der Waals surface area contributed by atoms with Crippen molar-refractivity contribution in [2.24, 2.45) is 0 Å². The summed E-state index contributed by atoms with van der Waals surface area (Å²) in [6.07, 6.45) is -0.631. The van der Waals surface area contributed by atoms with Gasteiger partial charge in [0.15, 0.2) is 0 Å². The van der Waals surface area contributed by atoms with Crippen LogP contribution in [0.5, 0.6) is 0 Å². The number of nitrogens with zero attached hydrogens (tertiary/aromatic N) is 1. The van der Waals surface area contributed by atoms with E-state index in [9.17, 15) is 19.8 Å². The van der Waals surface area contributed by atoms with Gasteiger partial charge in [-0.3, -0.25) is 4.90 Å². The lowest BCUT2D eigenvalue weighted by Gasteiger charge is -2.23. The molecule has 0 saturated carbocycles. The molecule has 152 valence electrons. The standard InChI is InChI=1S/C24H21NO5/c26-13-12-25(17-7-5-6-16(14-17)23(27)28)24(29)30-15-22-20-10-3-1-8-18(20)19-9-2-4-11-21(19)22/h1-11,14,22,26H,12-13,15H2,(H,27,28). The molecule has 0 bridgehead atoms. The van der Waals surface area contributed by atoms with E-state index < -0.39 is 12.1 Å². The maximum absolute atomic E-state index is 12.8. The minimum absolute atomic E-state index is 0.000252. The average Bonchev–Trinajstić information content (AvgIpc) is 3.09. The van der Waals surface area contributed by atoms with Crippen LogP contribution in [0, 0.1) is 0 Å². The van der Waals surface area contributed by atoms with Gasteiger partial charge < -0.3 is 14.9 Å². The minimum atomic E-state index is -1.09. The van der Waals surface area contributed by atoms with Crippen LogP contribution in [0.15, 0.2) is 72.8 Å². The third-order valence-electron chi connectivity index (χ3n) is 5.28. The number of aliphatic hydroxyl groups excluding tert-OH is 1. The molecule has 2 N–H and O–H groups in total. The van der Waals surface area contributed by atoms with E-state index in [1.54, 1.807) is 12.1 Å². The van der Waals surface area contributed by atoms with Crippen molar-refractivity contribution in [3.8, 4) is 11.1 Å². The monoisotopic (exact) mass is 403 g/mol. The number of carbonyl (C=O) groups is 2. The molecular weight excluding hydrogens is 382 g/mol. The Morgan fingerprint density at radius 2 is 1.53 bits per heavy atom. The predicted octanol–water partition coefficient (Wildman–Crippen LogP) is 4.13. The lowest BCUT2D eigenvalue weighted by molar-refractivity contribution is 0.0696. The second-order valence-electron chi connectivity index (χ2n) is 7.03. The number of hydrogen-bond acceptors (Lipinski definition) is 4. The van der Waals surface area contributed by atoms with Crippen molar-refractivity contribution in [1.82, 2.24) is 0 Å². The van der Waals surface area contributed by atoms with E-state index in [0.717, 1.165) is 22.3 Å². The first kappa shape index (κ1) is 19.7. The van der Waals surface area contributed by atoms with Gasteiger partial charge in [-0.05, 0) is 40.5 Å². The normalized spacial score (nSPS) is 12.2. The molecule has 0 aromatic heterocycles. The highest BCUT2D eigenvalue weighted by atomic mass is 16.6. The number of anilines is 1.